The van der Waals surface area contributed by atoms with Crippen LogP contribution in [0.5, 0.6) is 0 Å². The van der Waals surface area contributed by atoms with Crippen molar-refractivity contribution < 1.29 is 26.7 Å². The Morgan fingerprint density at radius 1 is 1.27 bits per heavy atom. The van der Waals surface area contributed by atoms with E-state index in [0.717, 1.165) is 0 Å². The zero-order valence-corrected chi connectivity index (χ0v) is 12.9. The van der Waals surface area contributed by atoms with Crippen LogP contribution < -0.4 is 0 Å². The number of hydrogen-bond acceptors (Lipinski definition) is 3. The van der Waals surface area contributed by atoms with Crippen LogP contribution in [0.2, 0.25) is 0 Å². The lowest BCUT2D eigenvalue weighted by Gasteiger charge is -2.33. The van der Waals surface area contributed by atoms with Crippen LogP contribution in [0, 0.1) is 5.92 Å². The minimum atomic E-state index is -4.32. The highest BCUT2D eigenvalue weighted by Crippen LogP contribution is 2.26. The normalized spacial score (nSPS) is 24.4. The highest BCUT2D eigenvalue weighted by Gasteiger charge is 2.33. The van der Waals surface area contributed by atoms with Gasteiger partial charge in [0.05, 0.1) is 17.4 Å². The number of benzene rings is 1. The zero-order valence-electron chi connectivity index (χ0n) is 12.0. The maximum atomic E-state index is 12.5. The third-order valence-electron chi connectivity index (χ3n) is 3.79. The molecule has 22 heavy (non-hydrogen) atoms. The first-order valence-corrected chi connectivity index (χ1v) is 8.37. The molecule has 0 aromatic heterocycles. The number of aliphatic hydroxyl groups excluding tert-OH is 1. The molecule has 0 amide bonds. The van der Waals surface area contributed by atoms with Crippen molar-refractivity contribution in [2.24, 2.45) is 5.92 Å². The highest BCUT2D eigenvalue weighted by molar-refractivity contribution is 7.89. The summed E-state index contributed by atoms with van der Waals surface area (Å²) in [5, 5.41) is 9.65. The molecule has 124 valence electrons. The first-order valence-electron chi connectivity index (χ1n) is 6.93. The molecule has 2 atom stereocenters. The fraction of sp³-hybridized carbons (Fsp3) is 0.571. The van der Waals surface area contributed by atoms with Crippen LogP contribution in [0.3, 0.4) is 0 Å². The average molecular weight is 337 g/mol. The van der Waals surface area contributed by atoms with Crippen LogP contribution in [0.15, 0.2) is 29.2 Å². The van der Waals surface area contributed by atoms with E-state index in [1.807, 2.05) is 0 Å². The number of hydrogen-bond donors (Lipinski definition) is 1. The van der Waals surface area contributed by atoms with Gasteiger partial charge in [-0.1, -0.05) is 19.1 Å². The molecule has 0 aliphatic carbocycles. The van der Waals surface area contributed by atoms with Crippen molar-refractivity contribution in [1.82, 2.24) is 4.31 Å². The SMILES string of the molecule is C[C@H]1CN(S(=O)(=O)c2ccc(CC(F)(F)F)cc2)CC[C@H]1O. The van der Waals surface area contributed by atoms with E-state index in [9.17, 15) is 26.7 Å². The number of rotatable bonds is 3. The second-order valence-electron chi connectivity index (χ2n) is 5.63. The topological polar surface area (TPSA) is 57.6 Å². The van der Waals surface area contributed by atoms with E-state index >= 15 is 0 Å². The van der Waals surface area contributed by atoms with Gasteiger partial charge in [0.15, 0.2) is 0 Å². The van der Waals surface area contributed by atoms with Gasteiger partial charge in [0, 0.05) is 13.1 Å². The summed E-state index contributed by atoms with van der Waals surface area (Å²) in [4.78, 5) is -0.0259. The van der Waals surface area contributed by atoms with Gasteiger partial charge in [0.2, 0.25) is 10.0 Å². The summed E-state index contributed by atoms with van der Waals surface area (Å²) in [5.41, 5.74) is 0.0221. The molecule has 8 heteroatoms. The van der Waals surface area contributed by atoms with E-state index in [1.54, 1.807) is 6.92 Å². The van der Waals surface area contributed by atoms with Crippen molar-refractivity contribution in [3.05, 3.63) is 29.8 Å². The number of nitrogens with zero attached hydrogens (tertiary/aromatic N) is 1. The molecule has 0 saturated carbocycles. The summed E-state index contributed by atoms with van der Waals surface area (Å²) in [6.45, 7) is 2.17. The summed E-state index contributed by atoms with van der Waals surface area (Å²) < 4.78 is 63.1. The fourth-order valence-corrected chi connectivity index (χ4v) is 4.03. The zero-order chi connectivity index (χ0) is 16.5. The molecule has 0 spiro atoms. The molecule has 1 saturated heterocycles. The van der Waals surface area contributed by atoms with Crippen LogP contribution in [0.1, 0.15) is 18.9 Å². The van der Waals surface area contributed by atoms with Crippen molar-refractivity contribution >= 4 is 10.0 Å². The van der Waals surface area contributed by atoms with Gasteiger partial charge >= 0.3 is 6.18 Å². The minimum Gasteiger partial charge on any atom is -0.393 e. The molecule has 1 aliphatic heterocycles. The summed E-state index contributed by atoms with van der Waals surface area (Å²) in [7, 11) is -3.74. The molecule has 1 aliphatic rings. The van der Waals surface area contributed by atoms with Crippen molar-refractivity contribution in [2.45, 2.75) is 36.9 Å². The predicted octanol–water partition coefficient (Wildman–Crippen LogP) is 2.18. The van der Waals surface area contributed by atoms with Crippen molar-refractivity contribution in [2.75, 3.05) is 13.1 Å². The quantitative estimate of drug-likeness (QED) is 0.920. The Kier molecular flexibility index (Phi) is 4.84. The van der Waals surface area contributed by atoms with E-state index in [1.165, 1.54) is 28.6 Å². The number of piperidine rings is 1. The molecular formula is C14H18F3NO3S. The third-order valence-corrected chi connectivity index (χ3v) is 5.67. The lowest BCUT2D eigenvalue weighted by Crippen LogP contribution is -2.44. The number of alkyl halides is 3. The van der Waals surface area contributed by atoms with Gasteiger partial charge in [-0.25, -0.2) is 8.42 Å². The van der Waals surface area contributed by atoms with Gasteiger partial charge in [-0.3, -0.25) is 0 Å². The molecule has 0 bridgehead atoms. The van der Waals surface area contributed by atoms with Crippen LogP contribution in [0.25, 0.3) is 0 Å². The van der Waals surface area contributed by atoms with Gasteiger partial charge in [-0.05, 0) is 30.0 Å². The number of aliphatic hydroxyl groups is 1. The molecule has 1 aromatic rings. The third kappa shape index (κ3) is 3.99. The van der Waals surface area contributed by atoms with Gasteiger partial charge in [0.25, 0.3) is 0 Å². The van der Waals surface area contributed by atoms with Crippen LogP contribution in [-0.2, 0) is 16.4 Å². The Bertz CT molecular complexity index is 613. The molecule has 1 heterocycles. The van der Waals surface area contributed by atoms with Crippen molar-refractivity contribution in [3.63, 3.8) is 0 Å². The molecule has 2 rings (SSSR count). The van der Waals surface area contributed by atoms with Crippen LogP contribution >= 0.6 is 0 Å². The van der Waals surface area contributed by atoms with Crippen molar-refractivity contribution in [3.8, 4) is 0 Å². The Morgan fingerprint density at radius 3 is 2.36 bits per heavy atom. The maximum absolute atomic E-state index is 12.5. The van der Waals surface area contributed by atoms with E-state index in [4.69, 9.17) is 0 Å². The van der Waals surface area contributed by atoms with Gasteiger partial charge < -0.3 is 5.11 Å². The summed E-state index contributed by atoms with van der Waals surface area (Å²) in [6, 6.07) is 4.77. The smallest absolute Gasteiger partial charge is 0.393 e. The Morgan fingerprint density at radius 2 is 1.86 bits per heavy atom. The molecule has 4 nitrogen and oxygen atoms in total. The van der Waals surface area contributed by atoms with E-state index in [-0.39, 0.29) is 29.5 Å². The van der Waals surface area contributed by atoms with Crippen molar-refractivity contribution in [1.29, 1.82) is 0 Å². The maximum Gasteiger partial charge on any atom is 0.393 e. The van der Waals surface area contributed by atoms with Crippen LogP contribution in [0.4, 0.5) is 13.2 Å². The summed E-state index contributed by atoms with van der Waals surface area (Å²) in [5.74, 6) is -0.173. The Hall–Kier alpha value is -1.12. The highest BCUT2D eigenvalue weighted by atomic mass is 32.2. The first kappa shape index (κ1) is 17.2. The molecule has 1 N–H and O–H groups in total. The van der Waals surface area contributed by atoms with Gasteiger partial charge in [0.1, 0.15) is 0 Å². The number of halogens is 3. The second kappa shape index (κ2) is 6.17. The van der Waals surface area contributed by atoms with Gasteiger partial charge in [-0.15, -0.1) is 0 Å². The number of sulfonamides is 1. The standard InChI is InChI=1S/C14H18F3NO3S/c1-10-9-18(7-6-13(10)19)22(20,21)12-4-2-11(3-5-12)8-14(15,16)17/h2-5,10,13,19H,6-9H2,1H3/t10-,13+/m0/s1. The molecular weight excluding hydrogens is 319 g/mol. The van der Waals surface area contributed by atoms with E-state index in [0.29, 0.717) is 6.42 Å². The molecule has 1 fully saturated rings. The van der Waals surface area contributed by atoms with E-state index < -0.39 is 28.7 Å². The monoisotopic (exact) mass is 337 g/mol. The molecule has 1 aromatic carbocycles. The van der Waals surface area contributed by atoms with Crippen LogP contribution in [-0.4, -0.2) is 43.2 Å². The fourth-order valence-electron chi connectivity index (χ4n) is 2.47. The molecule has 0 unspecified atom stereocenters. The summed E-state index contributed by atoms with van der Waals surface area (Å²) >= 11 is 0. The Balaban J connectivity index is 2.16. The Labute approximate surface area is 127 Å². The average Bonchev–Trinajstić information content (AvgIpc) is 2.40. The minimum absolute atomic E-state index is 0.0221. The molecule has 0 radical (unpaired) electrons. The largest absolute Gasteiger partial charge is 0.393 e. The first-order chi connectivity index (χ1) is 10.1. The predicted molar refractivity (Wildman–Crippen MR) is 74.7 cm³/mol. The van der Waals surface area contributed by atoms with E-state index in [2.05, 4.69) is 0 Å². The second-order valence-corrected chi connectivity index (χ2v) is 7.57. The van der Waals surface area contributed by atoms with Gasteiger partial charge in [-0.2, -0.15) is 17.5 Å². The lowest BCUT2D eigenvalue weighted by molar-refractivity contribution is -0.127. The summed E-state index contributed by atoms with van der Waals surface area (Å²) in [6.07, 6.45) is -5.58. The lowest BCUT2D eigenvalue weighted by atomic mass is 9.99.